The molecule has 0 atom stereocenters. The molecule has 3 heteroatoms. The van der Waals surface area contributed by atoms with Crippen LogP contribution in [0.15, 0.2) is 43.0 Å². The van der Waals surface area contributed by atoms with Gasteiger partial charge in [-0.1, -0.05) is 57.7 Å². The number of hydrogen-bond acceptors (Lipinski definition) is 2. The second-order valence-electron chi connectivity index (χ2n) is 5.26. The summed E-state index contributed by atoms with van der Waals surface area (Å²) in [5.74, 6) is -0.657. The van der Waals surface area contributed by atoms with Gasteiger partial charge in [-0.25, -0.2) is 0 Å². The largest absolute Gasteiger partial charge is 0.289 e. The predicted molar refractivity (Wildman–Crippen MR) is 77.5 cm³/mol. The Labute approximate surface area is 114 Å². The number of hydrogen-bond donors (Lipinski definition) is 1. The van der Waals surface area contributed by atoms with Crippen LogP contribution in [0.2, 0.25) is 0 Å². The molecule has 0 saturated heterocycles. The molecule has 0 spiro atoms. The Hall–Kier alpha value is -2.16. The van der Waals surface area contributed by atoms with Gasteiger partial charge >= 0.3 is 0 Å². The molecule has 3 nitrogen and oxygen atoms in total. The van der Waals surface area contributed by atoms with Crippen LogP contribution in [-0.4, -0.2) is 11.8 Å². The van der Waals surface area contributed by atoms with Crippen molar-refractivity contribution in [2.75, 3.05) is 0 Å². The van der Waals surface area contributed by atoms with Crippen molar-refractivity contribution in [3.63, 3.8) is 0 Å². The van der Waals surface area contributed by atoms with E-state index in [-0.39, 0.29) is 17.2 Å². The Balaban J connectivity index is 0.000000218. The van der Waals surface area contributed by atoms with Crippen molar-refractivity contribution < 1.29 is 9.59 Å². The second kappa shape index (κ2) is 6.14. The maximum atomic E-state index is 10.0. The zero-order valence-electron chi connectivity index (χ0n) is 11.6. The normalized spacial score (nSPS) is 13.6. The van der Waals surface area contributed by atoms with Gasteiger partial charge in [0.25, 0.3) is 11.8 Å². The third-order valence-electron chi connectivity index (χ3n) is 2.64. The highest BCUT2D eigenvalue weighted by atomic mass is 16.2. The first kappa shape index (κ1) is 14.9. The fraction of sp³-hybridized carbons (Fsp3) is 0.250. The Morgan fingerprint density at radius 2 is 1.47 bits per heavy atom. The van der Waals surface area contributed by atoms with Gasteiger partial charge in [0.1, 0.15) is 0 Å². The number of amides is 2. The topological polar surface area (TPSA) is 46.2 Å². The van der Waals surface area contributed by atoms with E-state index in [1.54, 1.807) is 0 Å². The molecule has 100 valence electrons. The van der Waals surface area contributed by atoms with Crippen LogP contribution in [-0.2, 0) is 15.0 Å². The lowest BCUT2D eigenvalue weighted by molar-refractivity contribution is -0.123. The first-order chi connectivity index (χ1) is 8.82. The molecule has 1 N–H and O–H groups in total. The second-order valence-corrected chi connectivity index (χ2v) is 5.26. The SMILES string of the molecule is C=Cc1ccc(C(C)(C)C)cc1.O=C1C=CC(=O)N1. The van der Waals surface area contributed by atoms with Gasteiger partial charge in [0, 0.05) is 12.2 Å². The molecule has 1 aliphatic heterocycles. The molecule has 0 saturated carbocycles. The molecule has 19 heavy (non-hydrogen) atoms. The first-order valence-corrected chi connectivity index (χ1v) is 6.09. The van der Waals surface area contributed by atoms with Crippen molar-refractivity contribution >= 4 is 17.9 Å². The van der Waals surface area contributed by atoms with E-state index in [0.717, 1.165) is 0 Å². The highest BCUT2D eigenvalue weighted by molar-refractivity contribution is 6.12. The lowest BCUT2D eigenvalue weighted by atomic mass is 9.87. The van der Waals surface area contributed by atoms with E-state index < -0.39 is 0 Å². The molecule has 0 bridgehead atoms. The number of benzene rings is 1. The minimum atomic E-state index is -0.329. The summed E-state index contributed by atoms with van der Waals surface area (Å²) in [4.78, 5) is 20.1. The summed E-state index contributed by atoms with van der Waals surface area (Å²) in [5.41, 5.74) is 2.80. The van der Waals surface area contributed by atoms with Gasteiger partial charge in [-0.3, -0.25) is 14.9 Å². The van der Waals surface area contributed by atoms with Crippen molar-refractivity contribution in [1.82, 2.24) is 5.32 Å². The molecule has 1 aromatic carbocycles. The van der Waals surface area contributed by atoms with Crippen molar-refractivity contribution in [2.45, 2.75) is 26.2 Å². The number of imide groups is 1. The van der Waals surface area contributed by atoms with Crippen molar-refractivity contribution in [1.29, 1.82) is 0 Å². The number of rotatable bonds is 1. The van der Waals surface area contributed by atoms with Crippen LogP contribution < -0.4 is 5.32 Å². The first-order valence-electron chi connectivity index (χ1n) is 6.09. The Bertz CT molecular complexity index is 489. The monoisotopic (exact) mass is 257 g/mol. The van der Waals surface area contributed by atoms with E-state index >= 15 is 0 Å². The molecule has 0 unspecified atom stereocenters. The van der Waals surface area contributed by atoms with Crippen LogP contribution in [0.1, 0.15) is 31.9 Å². The standard InChI is InChI=1S/C12H16.C4H3NO2/c1-5-10-6-8-11(9-7-10)12(2,3)4;6-3-1-2-4(7)5-3/h5-9H,1H2,2-4H3;1-2H,(H,5,6,7). The lowest BCUT2D eigenvalue weighted by Gasteiger charge is -2.18. The van der Waals surface area contributed by atoms with E-state index in [4.69, 9.17) is 0 Å². The van der Waals surface area contributed by atoms with Crippen LogP contribution >= 0.6 is 0 Å². The number of carbonyl (C=O) groups is 2. The van der Waals surface area contributed by atoms with Crippen molar-refractivity contribution in [2.24, 2.45) is 0 Å². The van der Waals surface area contributed by atoms with E-state index in [9.17, 15) is 9.59 Å². The van der Waals surface area contributed by atoms with Crippen molar-refractivity contribution in [3.8, 4) is 0 Å². The highest BCUT2D eigenvalue weighted by Gasteiger charge is 2.12. The molecule has 0 aliphatic carbocycles. The molecule has 0 radical (unpaired) electrons. The number of nitrogens with one attached hydrogen (secondary N) is 1. The van der Waals surface area contributed by atoms with Gasteiger partial charge in [0.15, 0.2) is 0 Å². The predicted octanol–water partition coefficient (Wildman–Crippen LogP) is 2.83. The minimum Gasteiger partial charge on any atom is -0.289 e. The van der Waals surface area contributed by atoms with Gasteiger partial charge in [0.05, 0.1) is 0 Å². The summed E-state index contributed by atoms with van der Waals surface area (Å²) in [5, 5.41) is 2.03. The van der Waals surface area contributed by atoms with E-state index in [2.05, 4.69) is 51.6 Å². The maximum absolute atomic E-state index is 10.0. The summed E-state index contributed by atoms with van der Waals surface area (Å²) in [7, 11) is 0. The molecule has 1 aromatic rings. The van der Waals surface area contributed by atoms with Crippen LogP contribution in [0.3, 0.4) is 0 Å². The summed E-state index contributed by atoms with van der Waals surface area (Å²) in [6, 6.07) is 8.54. The van der Waals surface area contributed by atoms with Gasteiger partial charge < -0.3 is 0 Å². The van der Waals surface area contributed by atoms with Crippen LogP contribution in [0.25, 0.3) is 6.08 Å². The van der Waals surface area contributed by atoms with Gasteiger partial charge in [-0.15, -0.1) is 0 Å². The molecule has 0 aromatic heterocycles. The third-order valence-corrected chi connectivity index (χ3v) is 2.64. The van der Waals surface area contributed by atoms with Gasteiger partial charge in [0.2, 0.25) is 0 Å². The zero-order valence-corrected chi connectivity index (χ0v) is 11.6. The molecule has 2 rings (SSSR count). The quantitative estimate of drug-likeness (QED) is 0.786. The fourth-order valence-corrected chi connectivity index (χ4v) is 1.48. The van der Waals surface area contributed by atoms with Gasteiger partial charge in [-0.2, -0.15) is 0 Å². The van der Waals surface area contributed by atoms with Gasteiger partial charge in [-0.05, 0) is 16.5 Å². The zero-order chi connectivity index (χ0) is 14.5. The summed E-state index contributed by atoms with van der Waals surface area (Å²) >= 11 is 0. The van der Waals surface area contributed by atoms with Crippen molar-refractivity contribution in [3.05, 3.63) is 54.1 Å². The van der Waals surface area contributed by atoms with Crippen LogP contribution in [0, 0.1) is 0 Å². The molecule has 1 heterocycles. The summed E-state index contributed by atoms with van der Waals surface area (Å²) in [6.07, 6.45) is 4.26. The molecular formula is C16H19NO2. The van der Waals surface area contributed by atoms with E-state index in [0.29, 0.717) is 0 Å². The molecular weight excluding hydrogens is 238 g/mol. The molecule has 2 amide bonds. The Kier molecular flexibility index (Phi) is 4.81. The van der Waals surface area contributed by atoms with Crippen LogP contribution in [0.5, 0.6) is 0 Å². The third kappa shape index (κ3) is 4.92. The van der Waals surface area contributed by atoms with E-state index in [1.807, 2.05) is 11.4 Å². The average Bonchev–Trinajstić information content (AvgIpc) is 2.73. The lowest BCUT2D eigenvalue weighted by Crippen LogP contribution is -2.19. The Morgan fingerprint density at radius 1 is 1.00 bits per heavy atom. The number of carbonyl (C=O) groups excluding carboxylic acids is 2. The van der Waals surface area contributed by atoms with Crippen LogP contribution in [0.4, 0.5) is 0 Å². The molecule has 1 aliphatic rings. The van der Waals surface area contributed by atoms with E-state index in [1.165, 1.54) is 23.3 Å². The average molecular weight is 257 g/mol. The fourth-order valence-electron chi connectivity index (χ4n) is 1.48. The highest BCUT2D eigenvalue weighted by Crippen LogP contribution is 2.22. The maximum Gasteiger partial charge on any atom is 0.250 e. The minimum absolute atomic E-state index is 0.250. The molecule has 0 fully saturated rings. The summed E-state index contributed by atoms with van der Waals surface area (Å²) in [6.45, 7) is 10.4. The Morgan fingerprint density at radius 3 is 1.74 bits per heavy atom. The summed E-state index contributed by atoms with van der Waals surface area (Å²) < 4.78 is 0. The smallest absolute Gasteiger partial charge is 0.250 e.